The fourth-order valence-corrected chi connectivity index (χ4v) is 0.413. The van der Waals surface area contributed by atoms with Crippen molar-refractivity contribution in [2.45, 2.75) is 19.8 Å². The number of aliphatic hydroxyl groups is 1. The lowest BCUT2D eigenvalue weighted by molar-refractivity contribution is 0.295. The molecular formula is C6H14NO. The van der Waals surface area contributed by atoms with Gasteiger partial charge in [0, 0.05) is 13.2 Å². The van der Waals surface area contributed by atoms with Crippen LogP contribution in [0.4, 0.5) is 0 Å². The molecule has 0 aliphatic heterocycles. The Kier molecular flexibility index (Phi) is 6.85. The Balaban J connectivity index is 2.53. The lowest BCUT2D eigenvalue weighted by Gasteiger charge is -1.97. The molecule has 0 aromatic rings. The Labute approximate surface area is 50.9 Å². The average molecular weight is 116 g/mol. The molecule has 0 amide bonds. The molecule has 2 nitrogen and oxygen atoms in total. The van der Waals surface area contributed by atoms with E-state index in [9.17, 15) is 0 Å². The molecule has 0 aromatic carbocycles. The van der Waals surface area contributed by atoms with E-state index in [-0.39, 0.29) is 6.61 Å². The van der Waals surface area contributed by atoms with Crippen molar-refractivity contribution in [3.05, 3.63) is 6.54 Å². The van der Waals surface area contributed by atoms with E-state index in [4.69, 9.17) is 5.11 Å². The van der Waals surface area contributed by atoms with Crippen molar-refractivity contribution in [2.24, 2.45) is 0 Å². The van der Waals surface area contributed by atoms with Crippen LogP contribution in [0.15, 0.2) is 0 Å². The Morgan fingerprint density at radius 2 is 2.38 bits per heavy atom. The van der Waals surface area contributed by atoms with E-state index in [1.165, 1.54) is 0 Å². The third-order valence-electron chi connectivity index (χ3n) is 0.812. The highest BCUT2D eigenvalue weighted by atomic mass is 16.3. The van der Waals surface area contributed by atoms with Crippen LogP contribution >= 0.6 is 0 Å². The molecule has 0 saturated carbocycles. The molecular weight excluding hydrogens is 102 g/mol. The van der Waals surface area contributed by atoms with Crippen molar-refractivity contribution >= 4 is 0 Å². The zero-order chi connectivity index (χ0) is 6.24. The molecule has 0 bridgehead atoms. The summed E-state index contributed by atoms with van der Waals surface area (Å²) in [7, 11) is 0. The third kappa shape index (κ3) is 5.92. The Morgan fingerprint density at radius 1 is 1.62 bits per heavy atom. The normalized spacial score (nSPS) is 9.75. The highest BCUT2D eigenvalue weighted by molar-refractivity contribution is 4.58. The SMILES string of the molecule is CCCN[CH]CCO. The maximum atomic E-state index is 8.29. The topological polar surface area (TPSA) is 32.3 Å². The molecule has 0 aliphatic rings. The molecule has 2 heteroatoms. The summed E-state index contributed by atoms with van der Waals surface area (Å²) in [6.07, 6.45) is 1.89. The van der Waals surface area contributed by atoms with Gasteiger partial charge in [0.25, 0.3) is 0 Å². The third-order valence-corrected chi connectivity index (χ3v) is 0.812. The summed E-state index contributed by atoms with van der Waals surface area (Å²) in [5.74, 6) is 0. The van der Waals surface area contributed by atoms with Crippen LogP contribution in [0.25, 0.3) is 0 Å². The molecule has 1 radical (unpaired) electrons. The van der Waals surface area contributed by atoms with Crippen molar-refractivity contribution in [1.82, 2.24) is 5.32 Å². The predicted octanol–water partition coefficient (Wildman–Crippen LogP) is 0.530. The second kappa shape index (κ2) is 6.92. The van der Waals surface area contributed by atoms with Gasteiger partial charge in [-0.25, -0.2) is 0 Å². The Morgan fingerprint density at radius 3 is 2.88 bits per heavy atom. The lowest BCUT2D eigenvalue weighted by atomic mass is 10.4. The molecule has 0 rings (SSSR count). The van der Waals surface area contributed by atoms with Gasteiger partial charge in [-0.1, -0.05) is 6.92 Å². The van der Waals surface area contributed by atoms with Crippen LogP contribution < -0.4 is 5.32 Å². The maximum Gasteiger partial charge on any atom is 0.0446 e. The van der Waals surface area contributed by atoms with Gasteiger partial charge in [0.2, 0.25) is 0 Å². The second-order valence-corrected chi connectivity index (χ2v) is 1.67. The van der Waals surface area contributed by atoms with Gasteiger partial charge in [0.1, 0.15) is 0 Å². The predicted molar refractivity (Wildman–Crippen MR) is 34.3 cm³/mol. The second-order valence-electron chi connectivity index (χ2n) is 1.67. The van der Waals surface area contributed by atoms with E-state index in [0.29, 0.717) is 0 Å². The molecule has 49 valence electrons. The first kappa shape index (κ1) is 7.92. The fraction of sp³-hybridized carbons (Fsp3) is 0.833. The van der Waals surface area contributed by atoms with Gasteiger partial charge < -0.3 is 10.4 Å². The van der Waals surface area contributed by atoms with Gasteiger partial charge in [-0.3, -0.25) is 0 Å². The highest BCUT2D eigenvalue weighted by Crippen LogP contribution is 1.78. The van der Waals surface area contributed by atoms with E-state index in [2.05, 4.69) is 12.2 Å². The molecule has 8 heavy (non-hydrogen) atoms. The van der Waals surface area contributed by atoms with Crippen molar-refractivity contribution in [1.29, 1.82) is 0 Å². The summed E-state index contributed by atoms with van der Waals surface area (Å²) in [4.78, 5) is 0. The van der Waals surface area contributed by atoms with Crippen molar-refractivity contribution in [2.75, 3.05) is 13.2 Å². The zero-order valence-corrected chi connectivity index (χ0v) is 5.35. The van der Waals surface area contributed by atoms with E-state index in [1.54, 1.807) is 0 Å². The van der Waals surface area contributed by atoms with Crippen LogP contribution in [0.1, 0.15) is 19.8 Å². The van der Waals surface area contributed by atoms with Crippen LogP contribution in [0, 0.1) is 6.54 Å². The van der Waals surface area contributed by atoms with Gasteiger partial charge in [0.05, 0.1) is 0 Å². The van der Waals surface area contributed by atoms with Gasteiger partial charge in [0.15, 0.2) is 0 Å². The first-order valence-electron chi connectivity index (χ1n) is 3.07. The zero-order valence-electron chi connectivity index (χ0n) is 5.35. The number of rotatable bonds is 5. The van der Waals surface area contributed by atoms with E-state index in [1.807, 2.05) is 6.54 Å². The van der Waals surface area contributed by atoms with Crippen LogP contribution in [0.5, 0.6) is 0 Å². The Hall–Kier alpha value is -0.0800. The van der Waals surface area contributed by atoms with Gasteiger partial charge in [-0.15, -0.1) is 0 Å². The minimum atomic E-state index is 0.247. The van der Waals surface area contributed by atoms with E-state index >= 15 is 0 Å². The summed E-state index contributed by atoms with van der Waals surface area (Å²) in [5, 5.41) is 11.3. The number of nitrogens with one attached hydrogen (secondary N) is 1. The number of hydrogen-bond acceptors (Lipinski definition) is 2. The lowest BCUT2D eigenvalue weighted by Crippen LogP contribution is -2.11. The first-order valence-corrected chi connectivity index (χ1v) is 3.07. The smallest absolute Gasteiger partial charge is 0.0446 e. The van der Waals surface area contributed by atoms with Gasteiger partial charge in [-0.05, 0) is 19.4 Å². The summed E-state index contributed by atoms with van der Waals surface area (Å²) >= 11 is 0. The van der Waals surface area contributed by atoms with Crippen LogP contribution in [-0.2, 0) is 0 Å². The number of hydrogen-bond donors (Lipinski definition) is 2. The highest BCUT2D eigenvalue weighted by Gasteiger charge is 1.82. The molecule has 0 fully saturated rings. The molecule has 0 aliphatic carbocycles. The van der Waals surface area contributed by atoms with E-state index < -0.39 is 0 Å². The maximum absolute atomic E-state index is 8.29. The first-order chi connectivity index (χ1) is 3.91. The van der Waals surface area contributed by atoms with Gasteiger partial charge >= 0.3 is 0 Å². The van der Waals surface area contributed by atoms with E-state index in [0.717, 1.165) is 19.4 Å². The summed E-state index contributed by atoms with van der Waals surface area (Å²) in [6, 6.07) is 0. The molecule has 0 heterocycles. The molecule has 0 aromatic heterocycles. The van der Waals surface area contributed by atoms with Gasteiger partial charge in [-0.2, -0.15) is 0 Å². The molecule has 0 saturated heterocycles. The average Bonchev–Trinajstić information content (AvgIpc) is 1.81. The monoisotopic (exact) mass is 116 g/mol. The quantitative estimate of drug-likeness (QED) is 0.513. The Bertz CT molecular complexity index is 33.5. The summed E-state index contributed by atoms with van der Waals surface area (Å²) < 4.78 is 0. The van der Waals surface area contributed by atoms with Crippen LogP contribution in [0.2, 0.25) is 0 Å². The van der Waals surface area contributed by atoms with Crippen LogP contribution in [0.3, 0.4) is 0 Å². The van der Waals surface area contributed by atoms with Crippen molar-refractivity contribution in [3.63, 3.8) is 0 Å². The fourth-order valence-electron chi connectivity index (χ4n) is 0.413. The largest absolute Gasteiger partial charge is 0.396 e. The molecule has 0 spiro atoms. The molecule has 2 N–H and O–H groups in total. The summed E-state index contributed by atoms with van der Waals surface area (Å²) in [6.45, 7) is 5.26. The summed E-state index contributed by atoms with van der Waals surface area (Å²) in [5.41, 5.74) is 0. The minimum absolute atomic E-state index is 0.247. The standard InChI is InChI=1S/C6H14NO/c1-2-4-7-5-3-6-8/h5,7-8H,2-4,6H2,1H3. The van der Waals surface area contributed by atoms with Crippen molar-refractivity contribution < 1.29 is 5.11 Å². The molecule has 0 unspecified atom stereocenters. The van der Waals surface area contributed by atoms with Crippen molar-refractivity contribution in [3.8, 4) is 0 Å². The minimum Gasteiger partial charge on any atom is -0.396 e. The number of aliphatic hydroxyl groups excluding tert-OH is 1. The molecule has 0 atom stereocenters. The van der Waals surface area contributed by atoms with Crippen LogP contribution in [-0.4, -0.2) is 18.3 Å².